The molecular weight excluding hydrogens is 229 g/mol. The van der Waals surface area contributed by atoms with Crippen LogP contribution in [0.15, 0.2) is 0 Å². The normalized spacial score (nSPS) is 42.1. The summed E-state index contributed by atoms with van der Waals surface area (Å²) < 4.78 is 28.9. The molecule has 1 saturated heterocycles. The van der Waals surface area contributed by atoms with E-state index in [4.69, 9.17) is 9.79 Å². The van der Waals surface area contributed by atoms with Gasteiger partial charge in [-0.05, 0) is 0 Å². The van der Waals surface area contributed by atoms with E-state index in [0.29, 0.717) is 0 Å². The summed E-state index contributed by atoms with van der Waals surface area (Å²) in [6.07, 6.45) is -4.55. The van der Waals surface area contributed by atoms with Crippen LogP contribution in [0.3, 0.4) is 0 Å². The Bertz CT molecular complexity index is 285. The van der Waals surface area contributed by atoms with Crippen LogP contribution in [0.2, 0.25) is 0 Å². The lowest BCUT2D eigenvalue weighted by molar-refractivity contribution is -0.165. The van der Waals surface area contributed by atoms with Crippen molar-refractivity contribution in [1.82, 2.24) is 0 Å². The number of ether oxygens (including phenoxy) is 1. The molecule has 0 spiro atoms. The second kappa shape index (κ2) is 4.12. The Labute approximate surface area is 86.6 Å². The maximum atomic E-state index is 13.8. The number of hydrogen-bond donors (Lipinski definition) is 4. The molecule has 0 aromatic heterocycles. The van der Waals surface area contributed by atoms with E-state index in [1.807, 2.05) is 0 Å². The van der Waals surface area contributed by atoms with Gasteiger partial charge >= 0.3 is 7.60 Å². The standard InChI is InChI=1S/C6H13BFO6P/c7-5-3(9)4(10)6(8,14-5)1-2-15(11,12)13/h3-5,9-10H,1-2,7H2,(H2,11,12,13)/t3-,4+,5-,6-/m1/s1. The molecule has 1 aliphatic heterocycles. The van der Waals surface area contributed by atoms with Gasteiger partial charge in [0.05, 0.1) is 12.2 Å². The zero-order valence-electron chi connectivity index (χ0n) is 8.08. The highest BCUT2D eigenvalue weighted by atomic mass is 31.2. The van der Waals surface area contributed by atoms with Crippen molar-refractivity contribution in [2.75, 3.05) is 6.16 Å². The molecule has 0 amide bonds. The van der Waals surface area contributed by atoms with Gasteiger partial charge in [0.25, 0.3) is 0 Å². The van der Waals surface area contributed by atoms with Gasteiger partial charge in [0.2, 0.25) is 5.85 Å². The molecule has 4 atom stereocenters. The molecule has 6 nitrogen and oxygen atoms in total. The quantitative estimate of drug-likeness (QED) is 0.334. The fourth-order valence-electron chi connectivity index (χ4n) is 1.47. The molecule has 1 fully saturated rings. The van der Waals surface area contributed by atoms with Crippen LogP contribution >= 0.6 is 7.60 Å². The molecule has 0 aromatic carbocycles. The zero-order valence-corrected chi connectivity index (χ0v) is 8.97. The van der Waals surface area contributed by atoms with Gasteiger partial charge in [0.1, 0.15) is 20.1 Å². The molecular formula is C6H13BFO6P. The van der Waals surface area contributed by atoms with Gasteiger partial charge in [-0.3, -0.25) is 4.57 Å². The molecule has 15 heavy (non-hydrogen) atoms. The fourth-order valence-corrected chi connectivity index (χ4v) is 2.06. The lowest BCUT2D eigenvalue weighted by Crippen LogP contribution is -2.40. The minimum absolute atomic E-state index is 0.653. The third-order valence-corrected chi connectivity index (χ3v) is 3.18. The number of hydrogen-bond acceptors (Lipinski definition) is 4. The summed E-state index contributed by atoms with van der Waals surface area (Å²) >= 11 is 0. The van der Waals surface area contributed by atoms with Crippen molar-refractivity contribution >= 4 is 15.4 Å². The first kappa shape index (κ1) is 13.1. The Balaban J connectivity index is 2.64. The average Bonchev–Trinajstić information content (AvgIpc) is 2.27. The monoisotopic (exact) mass is 242 g/mol. The van der Waals surface area contributed by atoms with Crippen molar-refractivity contribution in [3.63, 3.8) is 0 Å². The third-order valence-electron chi connectivity index (χ3n) is 2.37. The summed E-state index contributed by atoms with van der Waals surface area (Å²) in [6, 6.07) is -0.901. The smallest absolute Gasteiger partial charge is 0.325 e. The number of aliphatic hydroxyl groups is 2. The van der Waals surface area contributed by atoms with Crippen LogP contribution in [0.4, 0.5) is 4.39 Å². The Kier molecular flexibility index (Phi) is 3.60. The largest absolute Gasteiger partial charge is 0.388 e. The summed E-state index contributed by atoms with van der Waals surface area (Å²) in [5.74, 6) is -2.58. The van der Waals surface area contributed by atoms with E-state index in [0.717, 1.165) is 0 Å². The van der Waals surface area contributed by atoms with E-state index >= 15 is 0 Å². The molecule has 1 heterocycles. The van der Waals surface area contributed by atoms with Gasteiger partial charge in [-0.1, -0.05) is 0 Å². The SMILES string of the molecule is B[C@@H]1O[C@](F)(CCP(=O)(O)O)[C@@H](O)[C@H]1O. The predicted molar refractivity (Wildman–Crippen MR) is 50.8 cm³/mol. The van der Waals surface area contributed by atoms with E-state index in [2.05, 4.69) is 4.74 Å². The maximum absolute atomic E-state index is 13.8. The van der Waals surface area contributed by atoms with Crippen LogP contribution in [0.5, 0.6) is 0 Å². The van der Waals surface area contributed by atoms with Crippen molar-refractivity contribution in [2.45, 2.75) is 30.5 Å². The van der Waals surface area contributed by atoms with E-state index in [1.165, 1.54) is 7.85 Å². The van der Waals surface area contributed by atoms with Gasteiger partial charge < -0.3 is 24.7 Å². The first-order valence-corrected chi connectivity index (χ1v) is 6.23. The second-order valence-corrected chi connectivity index (χ2v) is 5.46. The summed E-state index contributed by atoms with van der Waals surface area (Å²) in [4.78, 5) is 17.1. The molecule has 0 bridgehead atoms. The van der Waals surface area contributed by atoms with Gasteiger partial charge in [0.15, 0.2) is 0 Å². The van der Waals surface area contributed by atoms with Crippen LogP contribution < -0.4 is 0 Å². The first-order chi connectivity index (χ1) is 6.66. The minimum Gasteiger partial charge on any atom is -0.388 e. The molecule has 0 saturated carbocycles. The lowest BCUT2D eigenvalue weighted by atomic mass is 9.92. The summed E-state index contributed by atoms with van der Waals surface area (Å²) in [5, 5.41) is 18.5. The molecule has 0 radical (unpaired) electrons. The topological polar surface area (TPSA) is 107 Å². The summed E-state index contributed by atoms with van der Waals surface area (Å²) in [7, 11) is -2.97. The Morgan fingerprint density at radius 2 is 2.00 bits per heavy atom. The van der Waals surface area contributed by atoms with Crippen LogP contribution in [0.1, 0.15) is 6.42 Å². The van der Waals surface area contributed by atoms with Crippen LogP contribution in [0, 0.1) is 0 Å². The number of alkyl halides is 1. The van der Waals surface area contributed by atoms with Crippen molar-refractivity contribution < 1.29 is 33.7 Å². The van der Waals surface area contributed by atoms with Crippen molar-refractivity contribution in [3.8, 4) is 0 Å². The second-order valence-electron chi connectivity index (χ2n) is 3.68. The van der Waals surface area contributed by atoms with Gasteiger partial charge in [-0.2, -0.15) is 0 Å². The molecule has 0 unspecified atom stereocenters. The van der Waals surface area contributed by atoms with E-state index in [-0.39, 0.29) is 0 Å². The molecule has 4 N–H and O–H groups in total. The predicted octanol–water partition coefficient (Wildman–Crippen LogP) is -2.07. The van der Waals surface area contributed by atoms with Crippen molar-refractivity contribution in [3.05, 3.63) is 0 Å². The van der Waals surface area contributed by atoms with Gasteiger partial charge in [0, 0.05) is 6.42 Å². The number of rotatable bonds is 3. The van der Waals surface area contributed by atoms with Gasteiger partial charge in [-0.15, -0.1) is 0 Å². The minimum atomic E-state index is -4.34. The molecule has 1 rings (SSSR count). The molecule has 88 valence electrons. The van der Waals surface area contributed by atoms with E-state index in [9.17, 15) is 19.2 Å². The highest BCUT2D eigenvalue weighted by Gasteiger charge is 2.53. The first-order valence-electron chi connectivity index (χ1n) is 4.43. The van der Waals surface area contributed by atoms with Crippen LogP contribution in [-0.4, -0.2) is 58.1 Å². The molecule has 0 aromatic rings. The Morgan fingerprint density at radius 3 is 2.33 bits per heavy atom. The van der Waals surface area contributed by atoms with E-state index in [1.54, 1.807) is 0 Å². The number of halogens is 1. The molecule has 9 heteroatoms. The van der Waals surface area contributed by atoms with E-state index < -0.39 is 44.2 Å². The van der Waals surface area contributed by atoms with Crippen LogP contribution in [-0.2, 0) is 9.30 Å². The zero-order chi connectivity index (χ0) is 11.9. The van der Waals surface area contributed by atoms with Crippen LogP contribution in [0.25, 0.3) is 0 Å². The maximum Gasteiger partial charge on any atom is 0.325 e. The third kappa shape index (κ3) is 2.99. The highest BCUT2D eigenvalue weighted by Crippen LogP contribution is 2.42. The lowest BCUT2D eigenvalue weighted by Gasteiger charge is -2.23. The Morgan fingerprint density at radius 1 is 1.47 bits per heavy atom. The summed E-state index contributed by atoms with van der Waals surface area (Å²) in [5.41, 5.74) is 0. The molecule has 0 aliphatic carbocycles. The van der Waals surface area contributed by atoms with Gasteiger partial charge in [-0.25, -0.2) is 4.39 Å². The number of aliphatic hydroxyl groups excluding tert-OH is 2. The van der Waals surface area contributed by atoms with Crippen molar-refractivity contribution in [1.29, 1.82) is 0 Å². The fraction of sp³-hybridized carbons (Fsp3) is 1.00. The average molecular weight is 242 g/mol. The van der Waals surface area contributed by atoms with Crippen molar-refractivity contribution in [2.24, 2.45) is 0 Å². The molecule has 1 aliphatic rings. The summed E-state index contributed by atoms with van der Waals surface area (Å²) in [6.45, 7) is 0. The highest BCUT2D eigenvalue weighted by molar-refractivity contribution is 7.51. The Hall–Kier alpha value is 0.0249.